The second kappa shape index (κ2) is 7.64. The van der Waals surface area contributed by atoms with E-state index in [1.807, 2.05) is 63.2 Å². The van der Waals surface area contributed by atoms with Crippen molar-refractivity contribution in [1.29, 1.82) is 0 Å². The average molecular weight is 289 g/mol. The molecule has 0 heterocycles. The molecule has 0 amide bonds. The van der Waals surface area contributed by atoms with Crippen LogP contribution in [-0.4, -0.2) is 30.3 Å². The van der Waals surface area contributed by atoms with Crippen LogP contribution in [0.15, 0.2) is 48.1 Å². The molecule has 1 rings (SSSR count). The second-order valence-electron chi connectivity index (χ2n) is 5.37. The average Bonchev–Trinajstić information content (AvgIpc) is 2.44. The maximum Gasteiger partial charge on any atom is 0.328 e. The van der Waals surface area contributed by atoms with Crippen LogP contribution in [0.3, 0.4) is 0 Å². The van der Waals surface area contributed by atoms with Crippen molar-refractivity contribution in [2.24, 2.45) is 5.92 Å². The fourth-order valence-electron chi connectivity index (χ4n) is 2.04. The summed E-state index contributed by atoms with van der Waals surface area (Å²) >= 11 is 0. The van der Waals surface area contributed by atoms with Crippen molar-refractivity contribution in [2.75, 3.05) is 19.0 Å². The molecule has 0 bridgehead atoms. The van der Waals surface area contributed by atoms with Crippen LogP contribution in [0, 0.1) is 5.92 Å². The van der Waals surface area contributed by atoms with Crippen molar-refractivity contribution in [2.45, 2.75) is 20.0 Å². The highest BCUT2D eigenvalue weighted by Crippen LogP contribution is 2.25. The van der Waals surface area contributed by atoms with Gasteiger partial charge in [0.1, 0.15) is 0 Å². The highest BCUT2D eigenvalue weighted by molar-refractivity contribution is 5.80. The van der Waals surface area contributed by atoms with Gasteiger partial charge in [-0.2, -0.15) is 0 Å². The van der Waals surface area contributed by atoms with E-state index in [1.54, 1.807) is 0 Å². The van der Waals surface area contributed by atoms with Gasteiger partial charge in [-0.15, -0.1) is 0 Å². The molecule has 0 aliphatic carbocycles. The van der Waals surface area contributed by atoms with E-state index < -0.39 is 12.1 Å². The Morgan fingerprint density at radius 2 is 1.76 bits per heavy atom. The first kappa shape index (κ1) is 17.0. The summed E-state index contributed by atoms with van der Waals surface area (Å²) < 4.78 is 0. The molecule has 0 saturated carbocycles. The number of anilines is 1. The molecule has 4 heteroatoms. The van der Waals surface area contributed by atoms with E-state index in [9.17, 15) is 9.90 Å². The zero-order chi connectivity index (χ0) is 16.0. The molecule has 2 atom stereocenters. The van der Waals surface area contributed by atoms with Crippen molar-refractivity contribution >= 4 is 11.7 Å². The number of allylic oxidation sites excluding steroid dienone is 2. The Bertz CT molecular complexity index is 529. The molecule has 0 spiro atoms. The summed E-state index contributed by atoms with van der Waals surface area (Å²) in [5.41, 5.74) is 2.74. The summed E-state index contributed by atoms with van der Waals surface area (Å²) in [6, 6.07) is 7.75. The first-order valence-corrected chi connectivity index (χ1v) is 6.86. The molecular weight excluding hydrogens is 266 g/mol. The van der Waals surface area contributed by atoms with E-state index in [4.69, 9.17) is 5.11 Å². The quantitative estimate of drug-likeness (QED) is 0.624. The number of aliphatic carboxylic acids is 1. The smallest absolute Gasteiger partial charge is 0.328 e. The Balaban J connectivity index is 2.80. The summed E-state index contributed by atoms with van der Waals surface area (Å²) in [6.07, 6.45) is 3.87. The van der Waals surface area contributed by atoms with Gasteiger partial charge in [0, 0.05) is 31.8 Å². The number of aliphatic hydroxyl groups is 1. The van der Waals surface area contributed by atoms with E-state index in [2.05, 4.69) is 0 Å². The van der Waals surface area contributed by atoms with Crippen LogP contribution < -0.4 is 4.90 Å². The van der Waals surface area contributed by atoms with Gasteiger partial charge in [-0.25, -0.2) is 4.79 Å². The molecule has 1 aromatic rings. The van der Waals surface area contributed by atoms with Crippen molar-refractivity contribution in [1.82, 2.24) is 0 Å². The number of carboxylic acids is 1. The summed E-state index contributed by atoms with van der Waals surface area (Å²) in [7, 11) is 3.93. The first-order valence-electron chi connectivity index (χ1n) is 6.86. The van der Waals surface area contributed by atoms with E-state index in [0.29, 0.717) is 0 Å². The third kappa shape index (κ3) is 5.44. The molecular formula is C17H23NO3. The third-order valence-corrected chi connectivity index (χ3v) is 3.26. The van der Waals surface area contributed by atoms with Gasteiger partial charge >= 0.3 is 5.97 Å². The molecule has 114 valence electrons. The van der Waals surface area contributed by atoms with E-state index in [-0.39, 0.29) is 5.92 Å². The van der Waals surface area contributed by atoms with Crippen molar-refractivity contribution in [3.63, 3.8) is 0 Å². The summed E-state index contributed by atoms with van der Waals surface area (Å²) in [5.74, 6) is -1.08. The topological polar surface area (TPSA) is 60.8 Å². The van der Waals surface area contributed by atoms with Crippen LogP contribution in [0.5, 0.6) is 0 Å². The minimum absolute atomic E-state index is 0.103. The number of carboxylic acid groups (broad SMARTS) is 1. The zero-order valence-electron chi connectivity index (χ0n) is 12.9. The van der Waals surface area contributed by atoms with Crippen LogP contribution in [-0.2, 0) is 4.79 Å². The third-order valence-electron chi connectivity index (χ3n) is 3.26. The predicted octanol–water partition coefficient (Wildman–Crippen LogP) is 3.01. The summed E-state index contributed by atoms with van der Waals surface area (Å²) in [5, 5.41) is 18.9. The first-order chi connectivity index (χ1) is 9.81. The maximum atomic E-state index is 10.5. The lowest BCUT2D eigenvalue weighted by Gasteiger charge is -2.18. The lowest BCUT2D eigenvalue weighted by molar-refractivity contribution is -0.131. The number of aliphatic hydroxyl groups excluding tert-OH is 1. The van der Waals surface area contributed by atoms with Crippen LogP contribution in [0.4, 0.5) is 5.69 Å². The molecule has 21 heavy (non-hydrogen) atoms. The molecule has 0 aromatic heterocycles. The molecule has 0 radical (unpaired) electrons. The number of rotatable bonds is 6. The van der Waals surface area contributed by atoms with Crippen molar-refractivity contribution in [3.8, 4) is 0 Å². The highest BCUT2D eigenvalue weighted by Gasteiger charge is 2.14. The summed E-state index contributed by atoms with van der Waals surface area (Å²) in [6.45, 7) is 3.72. The molecule has 2 N–H and O–H groups in total. The predicted molar refractivity (Wildman–Crippen MR) is 85.4 cm³/mol. The van der Waals surface area contributed by atoms with Gasteiger partial charge in [-0.05, 0) is 24.6 Å². The number of nitrogens with zero attached hydrogens (tertiary/aromatic N) is 1. The SMILES string of the molecule is CC(C=CC(=O)O)=C[C@H](C)C(O)c1ccc(N(C)C)cc1. The van der Waals surface area contributed by atoms with E-state index in [0.717, 1.165) is 22.9 Å². The minimum atomic E-state index is -0.977. The maximum absolute atomic E-state index is 10.5. The molecule has 1 aromatic carbocycles. The van der Waals surface area contributed by atoms with Gasteiger partial charge in [0.25, 0.3) is 0 Å². The Morgan fingerprint density at radius 3 is 2.24 bits per heavy atom. The monoisotopic (exact) mass is 289 g/mol. The van der Waals surface area contributed by atoms with Crippen molar-refractivity contribution < 1.29 is 15.0 Å². The van der Waals surface area contributed by atoms with Gasteiger partial charge in [0.2, 0.25) is 0 Å². The Labute approximate surface area is 126 Å². The van der Waals surface area contributed by atoms with Crippen LogP contribution in [0.2, 0.25) is 0 Å². The largest absolute Gasteiger partial charge is 0.478 e. The van der Waals surface area contributed by atoms with Gasteiger partial charge in [0.05, 0.1) is 6.10 Å². The minimum Gasteiger partial charge on any atom is -0.478 e. The van der Waals surface area contributed by atoms with Gasteiger partial charge < -0.3 is 15.1 Å². The fourth-order valence-corrected chi connectivity index (χ4v) is 2.04. The Hall–Kier alpha value is -2.07. The Kier molecular flexibility index (Phi) is 6.18. The highest BCUT2D eigenvalue weighted by atomic mass is 16.4. The van der Waals surface area contributed by atoms with Crippen LogP contribution in [0.25, 0.3) is 0 Å². The molecule has 0 aliphatic heterocycles. The molecule has 4 nitrogen and oxygen atoms in total. The van der Waals surface area contributed by atoms with Gasteiger partial charge in [0.15, 0.2) is 0 Å². The zero-order valence-corrected chi connectivity index (χ0v) is 12.9. The van der Waals surface area contributed by atoms with Crippen molar-refractivity contribution in [3.05, 3.63) is 53.6 Å². The molecule has 0 aliphatic rings. The second-order valence-corrected chi connectivity index (χ2v) is 5.37. The standard InChI is InChI=1S/C17H23NO3/c1-12(5-10-16(19)20)11-13(2)17(21)14-6-8-15(9-7-14)18(3)4/h5-11,13,17,21H,1-4H3,(H,19,20)/t13-,17?/m0/s1. The molecule has 1 unspecified atom stereocenters. The normalized spacial score (nSPS) is 15.0. The van der Waals surface area contributed by atoms with Gasteiger partial charge in [-0.1, -0.05) is 36.8 Å². The molecule has 0 fully saturated rings. The number of benzene rings is 1. The fraction of sp³-hybridized carbons (Fsp3) is 0.353. The Morgan fingerprint density at radius 1 is 1.19 bits per heavy atom. The summed E-state index contributed by atoms with van der Waals surface area (Å²) in [4.78, 5) is 12.5. The number of hydrogen-bond donors (Lipinski definition) is 2. The van der Waals surface area contributed by atoms with E-state index in [1.165, 1.54) is 6.08 Å². The lowest BCUT2D eigenvalue weighted by Crippen LogP contribution is -2.10. The number of carbonyl (C=O) groups is 1. The van der Waals surface area contributed by atoms with Crippen LogP contribution >= 0.6 is 0 Å². The lowest BCUT2D eigenvalue weighted by atomic mass is 9.95. The number of hydrogen-bond acceptors (Lipinski definition) is 3. The van der Waals surface area contributed by atoms with E-state index >= 15 is 0 Å². The molecule has 0 saturated heterocycles. The van der Waals surface area contributed by atoms with Crippen LogP contribution in [0.1, 0.15) is 25.5 Å². The van der Waals surface area contributed by atoms with Gasteiger partial charge in [-0.3, -0.25) is 0 Å².